The molecule has 0 bridgehead atoms. The Morgan fingerprint density at radius 1 is 1.36 bits per heavy atom. The van der Waals surface area contributed by atoms with Crippen LogP contribution in [-0.2, 0) is 11.8 Å². The van der Waals surface area contributed by atoms with Crippen LogP contribution in [0.15, 0.2) is 24.4 Å². The van der Waals surface area contributed by atoms with Crippen LogP contribution in [0.2, 0.25) is 0 Å². The van der Waals surface area contributed by atoms with E-state index in [1.165, 1.54) is 0 Å². The summed E-state index contributed by atoms with van der Waals surface area (Å²) in [4.78, 5) is 13.7. The van der Waals surface area contributed by atoms with Gasteiger partial charge in [0.25, 0.3) is 0 Å². The number of carboxylic acid groups (broad SMARTS) is 1. The summed E-state index contributed by atoms with van der Waals surface area (Å²) in [5.74, 6) is -0.538. The molecule has 0 saturated carbocycles. The molecule has 0 radical (unpaired) electrons. The first-order valence-electron chi connectivity index (χ1n) is 7.40. The predicted molar refractivity (Wildman–Crippen MR) is 82.6 cm³/mol. The van der Waals surface area contributed by atoms with Gasteiger partial charge in [-0.25, -0.2) is 4.79 Å². The van der Waals surface area contributed by atoms with Crippen molar-refractivity contribution in [3.63, 3.8) is 0 Å². The van der Waals surface area contributed by atoms with Crippen LogP contribution in [0.1, 0.15) is 10.4 Å². The number of aromatic nitrogens is 1. The van der Waals surface area contributed by atoms with Crippen molar-refractivity contribution in [1.29, 1.82) is 0 Å². The highest BCUT2D eigenvalue weighted by molar-refractivity contribution is 5.97. The van der Waals surface area contributed by atoms with E-state index in [4.69, 9.17) is 9.47 Å². The average Bonchev–Trinajstić information content (AvgIpc) is 2.88. The minimum atomic E-state index is -0.968. The van der Waals surface area contributed by atoms with Crippen LogP contribution in [0.3, 0.4) is 0 Å². The number of rotatable bonds is 5. The highest BCUT2D eigenvalue weighted by atomic mass is 16.5. The highest BCUT2D eigenvalue weighted by Gasteiger charge is 2.15. The summed E-state index contributed by atoms with van der Waals surface area (Å²) >= 11 is 0. The first-order chi connectivity index (χ1) is 10.6. The molecule has 0 spiro atoms. The molecule has 1 aromatic heterocycles. The number of benzene rings is 1. The zero-order valence-electron chi connectivity index (χ0n) is 12.6. The van der Waals surface area contributed by atoms with E-state index in [0.29, 0.717) is 12.4 Å². The molecule has 2 heterocycles. The quantitative estimate of drug-likeness (QED) is 0.909. The Morgan fingerprint density at radius 2 is 2.14 bits per heavy atom. The van der Waals surface area contributed by atoms with Crippen LogP contribution in [0.5, 0.6) is 5.75 Å². The Bertz CT molecular complexity index is 674. The number of morpholine rings is 1. The number of hydrogen-bond acceptors (Lipinski definition) is 4. The summed E-state index contributed by atoms with van der Waals surface area (Å²) in [6.45, 7) is 4.53. The molecule has 1 aromatic carbocycles. The SMILES string of the molecule is Cn1ccc2cc(OCCN3CCOCC3)c(C(=O)O)cc21. The molecule has 1 aliphatic heterocycles. The van der Waals surface area contributed by atoms with Crippen molar-refractivity contribution in [2.24, 2.45) is 7.05 Å². The van der Waals surface area contributed by atoms with Gasteiger partial charge in [0.05, 0.1) is 13.2 Å². The fourth-order valence-electron chi connectivity index (χ4n) is 2.69. The molecule has 0 atom stereocenters. The summed E-state index contributed by atoms with van der Waals surface area (Å²) in [6, 6.07) is 5.43. The van der Waals surface area contributed by atoms with Gasteiger partial charge >= 0.3 is 5.97 Å². The van der Waals surface area contributed by atoms with E-state index in [1.807, 2.05) is 23.9 Å². The smallest absolute Gasteiger partial charge is 0.339 e. The normalized spacial score (nSPS) is 16.0. The van der Waals surface area contributed by atoms with Gasteiger partial charge in [-0.05, 0) is 18.2 Å². The van der Waals surface area contributed by atoms with E-state index in [2.05, 4.69) is 4.90 Å². The first kappa shape index (κ1) is 14.9. The van der Waals surface area contributed by atoms with Crippen molar-refractivity contribution in [3.8, 4) is 5.75 Å². The Balaban J connectivity index is 1.73. The fourth-order valence-corrected chi connectivity index (χ4v) is 2.69. The second kappa shape index (κ2) is 6.37. The van der Waals surface area contributed by atoms with Gasteiger partial charge in [0.2, 0.25) is 0 Å². The molecule has 22 heavy (non-hydrogen) atoms. The van der Waals surface area contributed by atoms with Crippen molar-refractivity contribution in [3.05, 3.63) is 30.0 Å². The number of ether oxygens (including phenoxy) is 2. The molecular formula is C16H20N2O4. The topological polar surface area (TPSA) is 63.9 Å². The van der Waals surface area contributed by atoms with Gasteiger partial charge in [-0.1, -0.05) is 0 Å². The minimum Gasteiger partial charge on any atom is -0.491 e. The maximum absolute atomic E-state index is 11.4. The van der Waals surface area contributed by atoms with Crippen molar-refractivity contribution in [2.75, 3.05) is 39.5 Å². The van der Waals surface area contributed by atoms with Gasteiger partial charge in [-0.15, -0.1) is 0 Å². The lowest BCUT2D eigenvalue weighted by molar-refractivity contribution is 0.0321. The van der Waals surface area contributed by atoms with Gasteiger partial charge in [0.1, 0.15) is 17.9 Å². The Labute approximate surface area is 128 Å². The lowest BCUT2D eigenvalue weighted by atomic mass is 10.1. The van der Waals surface area contributed by atoms with E-state index in [-0.39, 0.29) is 5.56 Å². The van der Waals surface area contributed by atoms with Crippen LogP contribution in [-0.4, -0.2) is 60.0 Å². The molecule has 0 amide bonds. The summed E-state index contributed by atoms with van der Waals surface area (Å²) in [6.07, 6.45) is 1.91. The number of hydrogen-bond donors (Lipinski definition) is 1. The molecule has 1 saturated heterocycles. The molecule has 2 aromatic rings. The lowest BCUT2D eigenvalue weighted by Crippen LogP contribution is -2.38. The van der Waals surface area contributed by atoms with E-state index >= 15 is 0 Å². The maximum Gasteiger partial charge on any atom is 0.339 e. The fraction of sp³-hybridized carbons (Fsp3) is 0.438. The monoisotopic (exact) mass is 304 g/mol. The van der Waals surface area contributed by atoms with Crippen molar-refractivity contribution in [2.45, 2.75) is 0 Å². The number of carboxylic acids is 1. The number of aromatic carboxylic acids is 1. The highest BCUT2D eigenvalue weighted by Crippen LogP contribution is 2.26. The number of aryl methyl sites for hydroxylation is 1. The van der Waals surface area contributed by atoms with E-state index < -0.39 is 5.97 Å². The summed E-state index contributed by atoms with van der Waals surface area (Å²) in [7, 11) is 1.90. The lowest BCUT2D eigenvalue weighted by Gasteiger charge is -2.26. The molecule has 3 rings (SSSR count). The third kappa shape index (κ3) is 3.08. The Kier molecular flexibility index (Phi) is 4.31. The second-order valence-electron chi connectivity index (χ2n) is 5.44. The summed E-state index contributed by atoms with van der Waals surface area (Å²) in [5, 5.41) is 10.4. The summed E-state index contributed by atoms with van der Waals surface area (Å²) in [5.41, 5.74) is 1.09. The standard InChI is InChI=1S/C16H20N2O4/c1-17-3-2-12-10-15(13(16(19)20)11-14(12)17)22-9-6-18-4-7-21-8-5-18/h2-3,10-11H,4-9H2,1H3,(H,19,20). The minimum absolute atomic E-state index is 0.205. The molecule has 1 aliphatic rings. The first-order valence-corrected chi connectivity index (χ1v) is 7.40. The van der Waals surface area contributed by atoms with Crippen LogP contribution >= 0.6 is 0 Å². The van der Waals surface area contributed by atoms with Gasteiger partial charge in [0, 0.05) is 43.8 Å². The zero-order chi connectivity index (χ0) is 15.5. The van der Waals surface area contributed by atoms with Crippen LogP contribution in [0, 0.1) is 0 Å². The maximum atomic E-state index is 11.4. The van der Waals surface area contributed by atoms with Crippen LogP contribution in [0.25, 0.3) is 10.9 Å². The molecule has 0 aliphatic carbocycles. The molecule has 1 N–H and O–H groups in total. The van der Waals surface area contributed by atoms with Gasteiger partial charge in [-0.3, -0.25) is 4.90 Å². The molecule has 118 valence electrons. The van der Waals surface area contributed by atoms with Crippen molar-refractivity contribution >= 4 is 16.9 Å². The number of fused-ring (bicyclic) bond motifs is 1. The largest absolute Gasteiger partial charge is 0.491 e. The molecule has 0 unspecified atom stereocenters. The van der Waals surface area contributed by atoms with E-state index in [0.717, 1.165) is 43.8 Å². The van der Waals surface area contributed by atoms with Crippen LogP contribution < -0.4 is 4.74 Å². The third-order valence-corrected chi connectivity index (χ3v) is 3.99. The number of nitrogens with zero attached hydrogens (tertiary/aromatic N) is 2. The molecule has 1 fully saturated rings. The van der Waals surface area contributed by atoms with Crippen LogP contribution in [0.4, 0.5) is 0 Å². The average molecular weight is 304 g/mol. The van der Waals surface area contributed by atoms with E-state index in [9.17, 15) is 9.90 Å². The second-order valence-corrected chi connectivity index (χ2v) is 5.44. The molecule has 6 heteroatoms. The van der Waals surface area contributed by atoms with Gasteiger partial charge in [-0.2, -0.15) is 0 Å². The van der Waals surface area contributed by atoms with Crippen molar-refractivity contribution < 1.29 is 19.4 Å². The summed E-state index contributed by atoms with van der Waals surface area (Å²) < 4.78 is 13.0. The zero-order valence-corrected chi connectivity index (χ0v) is 12.6. The number of carbonyl (C=O) groups is 1. The third-order valence-electron chi connectivity index (χ3n) is 3.99. The molecule has 6 nitrogen and oxygen atoms in total. The van der Waals surface area contributed by atoms with Crippen molar-refractivity contribution in [1.82, 2.24) is 9.47 Å². The van der Waals surface area contributed by atoms with Gasteiger partial charge in [0.15, 0.2) is 0 Å². The molecular weight excluding hydrogens is 284 g/mol. The van der Waals surface area contributed by atoms with E-state index in [1.54, 1.807) is 12.1 Å². The van der Waals surface area contributed by atoms with Gasteiger partial charge < -0.3 is 19.1 Å². The Morgan fingerprint density at radius 3 is 2.86 bits per heavy atom. The predicted octanol–water partition coefficient (Wildman–Crippen LogP) is 1.59. The Hall–Kier alpha value is -2.05.